The summed E-state index contributed by atoms with van der Waals surface area (Å²) in [7, 11) is 1.89. The maximum absolute atomic E-state index is 8.85. The van der Waals surface area contributed by atoms with Crippen LogP contribution in [-0.2, 0) is 20.0 Å². The minimum atomic E-state index is 0.695. The summed E-state index contributed by atoms with van der Waals surface area (Å²) in [5.74, 6) is 0. The molecule has 0 aliphatic rings. The molecule has 0 amide bonds. The first-order valence-electron chi connectivity index (χ1n) is 5.94. The van der Waals surface area contributed by atoms with E-state index < -0.39 is 0 Å². The first kappa shape index (κ1) is 12.3. The summed E-state index contributed by atoms with van der Waals surface area (Å²) in [6.07, 6.45) is 6.59. The number of aryl methyl sites for hydroxylation is 1. The molecule has 92 valence electrons. The van der Waals surface area contributed by atoms with Crippen molar-refractivity contribution in [1.29, 1.82) is 5.26 Å². The maximum Gasteiger partial charge on any atom is 0.120 e. The van der Waals surface area contributed by atoms with Gasteiger partial charge < -0.3 is 9.88 Å². The molecular weight excluding hydrogens is 224 g/mol. The van der Waals surface area contributed by atoms with E-state index in [-0.39, 0.29) is 0 Å². The van der Waals surface area contributed by atoms with Gasteiger partial charge in [-0.3, -0.25) is 4.98 Å². The molecule has 1 N–H and O–H groups in total. The molecule has 0 saturated heterocycles. The summed E-state index contributed by atoms with van der Waals surface area (Å²) >= 11 is 0. The van der Waals surface area contributed by atoms with Crippen LogP contribution in [0, 0.1) is 11.3 Å². The van der Waals surface area contributed by atoms with E-state index in [1.807, 2.05) is 48.4 Å². The first-order valence-corrected chi connectivity index (χ1v) is 5.94. The van der Waals surface area contributed by atoms with Crippen molar-refractivity contribution in [3.8, 4) is 6.07 Å². The molecule has 0 radical (unpaired) electrons. The molecule has 0 aliphatic carbocycles. The molecular formula is C14H16N4. The van der Waals surface area contributed by atoms with E-state index in [2.05, 4.69) is 16.4 Å². The molecule has 0 aromatic carbocycles. The smallest absolute Gasteiger partial charge is 0.120 e. The lowest BCUT2D eigenvalue weighted by Crippen LogP contribution is -2.16. The van der Waals surface area contributed by atoms with Gasteiger partial charge in [-0.05, 0) is 42.3 Å². The van der Waals surface area contributed by atoms with E-state index in [0.717, 1.165) is 25.1 Å². The maximum atomic E-state index is 8.85. The van der Waals surface area contributed by atoms with Crippen LogP contribution in [0.5, 0.6) is 0 Å². The lowest BCUT2D eigenvalue weighted by atomic mass is 10.2. The average molecular weight is 240 g/mol. The van der Waals surface area contributed by atoms with Gasteiger partial charge in [-0.2, -0.15) is 5.26 Å². The molecule has 0 atom stereocenters. The van der Waals surface area contributed by atoms with E-state index in [1.54, 1.807) is 0 Å². The number of hydrogen-bond donors (Lipinski definition) is 1. The third kappa shape index (κ3) is 3.19. The van der Waals surface area contributed by atoms with Crippen molar-refractivity contribution in [2.24, 2.45) is 7.05 Å². The Morgan fingerprint density at radius 1 is 1.33 bits per heavy atom. The molecule has 0 aliphatic heterocycles. The number of nitriles is 1. The van der Waals surface area contributed by atoms with Crippen LogP contribution in [-0.4, -0.2) is 16.1 Å². The second kappa shape index (κ2) is 5.99. The Labute approximate surface area is 107 Å². The molecule has 4 heteroatoms. The van der Waals surface area contributed by atoms with Crippen LogP contribution in [0.2, 0.25) is 0 Å². The van der Waals surface area contributed by atoms with Crippen molar-refractivity contribution in [3.05, 3.63) is 53.6 Å². The summed E-state index contributed by atoms with van der Waals surface area (Å²) in [6, 6.07) is 8.13. The summed E-state index contributed by atoms with van der Waals surface area (Å²) in [5, 5.41) is 12.2. The number of pyridine rings is 1. The largest absolute Gasteiger partial charge is 0.342 e. The average Bonchev–Trinajstić information content (AvgIpc) is 2.76. The highest BCUT2D eigenvalue weighted by atomic mass is 14.9. The predicted octanol–water partition coefficient (Wildman–Crippen LogP) is 1.62. The fourth-order valence-corrected chi connectivity index (χ4v) is 1.86. The van der Waals surface area contributed by atoms with Gasteiger partial charge in [0.05, 0.1) is 0 Å². The second-order valence-corrected chi connectivity index (χ2v) is 4.24. The Morgan fingerprint density at radius 3 is 2.78 bits per heavy atom. The highest BCUT2D eigenvalue weighted by Crippen LogP contribution is 2.05. The summed E-state index contributed by atoms with van der Waals surface area (Å²) in [6.45, 7) is 1.71. The third-order valence-electron chi connectivity index (χ3n) is 2.85. The Bertz CT molecular complexity index is 537. The van der Waals surface area contributed by atoms with Gasteiger partial charge in [0.2, 0.25) is 0 Å². The van der Waals surface area contributed by atoms with Crippen LogP contribution in [0.3, 0.4) is 0 Å². The molecule has 0 bridgehead atoms. The summed E-state index contributed by atoms with van der Waals surface area (Å²) in [5.41, 5.74) is 3.12. The molecule has 0 spiro atoms. The van der Waals surface area contributed by atoms with Gasteiger partial charge in [-0.15, -0.1) is 0 Å². The van der Waals surface area contributed by atoms with E-state index >= 15 is 0 Å². The van der Waals surface area contributed by atoms with Gasteiger partial charge in [0.1, 0.15) is 11.8 Å². The highest BCUT2D eigenvalue weighted by molar-refractivity contribution is 5.28. The summed E-state index contributed by atoms with van der Waals surface area (Å²) < 4.78 is 1.85. The van der Waals surface area contributed by atoms with Crippen LogP contribution in [0.4, 0.5) is 0 Å². The van der Waals surface area contributed by atoms with Gasteiger partial charge in [0, 0.05) is 32.2 Å². The predicted molar refractivity (Wildman–Crippen MR) is 69.8 cm³/mol. The highest BCUT2D eigenvalue weighted by Gasteiger charge is 2.01. The molecule has 2 heterocycles. The van der Waals surface area contributed by atoms with Crippen molar-refractivity contribution in [1.82, 2.24) is 14.9 Å². The zero-order chi connectivity index (χ0) is 12.8. The second-order valence-electron chi connectivity index (χ2n) is 4.24. The number of rotatable bonds is 5. The molecule has 2 aromatic rings. The van der Waals surface area contributed by atoms with Gasteiger partial charge in [-0.25, -0.2) is 0 Å². The Hall–Kier alpha value is -2.12. The Kier molecular flexibility index (Phi) is 4.11. The van der Waals surface area contributed by atoms with E-state index in [4.69, 9.17) is 5.26 Å². The molecule has 0 unspecified atom stereocenters. The Balaban J connectivity index is 1.77. The van der Waals surface area contributed by atoms with Gasteiger partial charge >= 0.3 is 0 Å². The number of nitrogens with one attached hydrogen (secondary N) is 1. The van der Waals surface area contributed by atoms with Crippen LogP contribution >= 0.6 is 0 Å². The van der Waals surface area contributed by atoms with Crippen LogP contribution in [0.1, 0.15) is 16.8 Å². The lowest BCUT2D eigenvalue weighted by molar-refractivity contribution is 0.685. The van der Waals surface area contributed by atoms with E-state index in [1.165, 1.54) is 5.56 Å². The van der Waals surface area contributed by atoms with Crippen molar-refractivity contribution >= 4 is 0 Å². The molecule has 2 rings (SSSR count). The quantitative estimate of drug-likeness (QED) is 0.808. The SMILES string of the molecule is Cn1cc(CNCCc2ccncc2)cc1C#N. The molecule has 18 heavy (non-hydrogen) atoms. The van der Waals surface area contributed by atoms with E-state index in [0.29, 0.717) is 5.69 Å². The fraction of sp³-hybridized carbons (Fsp3) is 0.286. The van der Waals surface area contributed by atoms with Crippen LogP contribution in [0.15, 0.2) is 36.8 Å². The van der Waals surface area contributed by atoms with Gasteiger partial charge in [-0.1, -0.05) is 0 Å². The van der Waals surface area contributed by atoms with Crippen molar-refractivity contribution in [3.63, 3.8) is 0 Å². The molecule has 0 saturated carbocycles. The zero-order valence-electron chi connectivity index (χ0n) is 10.4. The standard InChI is InChI=1S/C14H16N4/c1-18-11-13(8-14(18)9-15)10-17-7-4-12-2-5-16-6-3-12/h2-3,5-6,8,11,17H,4,7,10H2,1H3. The summed E-state index contributed by atoms with van der Waals surface area (Å²) in [4.78, 5) is 3.99. The normalized spacial score (nSPS) is 10.2. The Morgan fingerprint density at radius 2 is 2.11 bits per heavy atom. The van der Waals surface area contributed by atoms with Crippen molar-refractivity contribution in [2.45, 2.75) is 13.0 Å². The third-order valence-corrected chi connectivity index (χ3v) is 2.85. The molecule has 0 fully saturated rings. The minimum Gasteiger partial charge on any atom is -0.342 e. The van der Waals surface area contributed by atoms with E-state index in [9.17, 15) is 0 Å². The molecule has 2 aromatic heterocycles. The first-order chi connectivity index (χ1) is 8.79. The van der Waals surface area contributed by atoms with Crippen molar-refractivity contribution < 1.29 is 0 Å². The monoisotopic (exact) mass is 240 g/mol. The topological polar surface area (TPSA) is 53.6 Å². The number of nitrogens with zero attached hydrogens (tertiary/aromatic N) is 3. The van der Waals surface area contributed by atoms with Gasteiger partial charge in [0.25, 0.3) is 0 Å². The number of hydrogen-bond acceptors (Lipinski definition) is 3. The lowest BCUT2D eigenvalue weighted by Gasteiger charge is -2.03. The van der Waals surface area contributed by atoms with Crippen molar-refractivity contribution in [2.75, 3.05) is 6.54 Å². The molecule has 4 nitrogen and oxygen atoms in total. The van der Waals surface area contributed by atoms with Crippen LogP contribution < -0.4 is 5.32 Å². The van der Waals surface area contributed by atoms with Crippen LogP contribution in [0.25, 0.3) is 0 Å². The zero-order valence-corrected chi connectivity index (χ0v) is 10.4. The number of aromatic nitrogens is 2. The minimum absolute atomic E-state index is 0.695. The van der Waals surface area contributed by atoms with Gasteiger partial charge in [0.15, 0.2) is 0 Å². The fourth-order valence-electron chi connectivity index (χ4n) is 1.86.